The molecule has 0 bridgehead atoms. The summed E-state index contributed by atoms with van der Waals surface area (Å²) >= 11 is 0. The maximum Gasteiger partial charge on any atom is -0.0533 e. The Morgan fingerprint density at radius 2 is 0.105 bits per heavy atom. The van der Waals surface area contributed by atoms with E-state index in [-0.39, 0.29) is 0 Å². The molecule has 0 radical (unpaired) electrons. The molecular weight excluding hydrogens is 913 g/mol. The van der Waals surface area contributed by atoms with Crippen molar-refractivity contribution >= 4 is 0 Å². The molecule has 468 valence electrons. The molecule has 0 aromatic rings. The summed E-state index contributed by atoms with van der Waals surface area (Å²) in [6, 6.07) is 0. The van der Waals surface area contributed by atoms with Crippen molar-refractivity contribution in [3.8, 4) is 0 Å². The molecule has 0 unspecified atom stereocenters. The molecule has 0 amide bonds. The Labute approximate surface area is 491 Å². The molecule has 0 saturated heterocycles. The highest BCUT2D eigenvalue weighted by Gasteiger charge is 1.96. The summed E-state index contributed by atoms with van der Waals surface area (Å²) in [5, 5.41) is 0. The fourth-order valence-electron chi connectivity index (χ4n) is 10.1. The van der Waals surface area contributed by atoms with E-state index in [9.17, 15) is 0 Å². The summed E-state index contributed by atoms with van der Waals surface area (Å²) in [6.45, 7) is 27.3. The van der Waals surface area contributed by atoms with Gasteiger partial charge in [0.2, 0.25) is 0 Å². The van der Waals surface area contributed by atoms with Gasteiger partial charge in [0, 0.05) is 0 Å². The van der Waals surface area contributed by atoms with Crippen LogP contribution in [0.15, 0.2) is 0 Å². The fourth-order valence-corrected chi connectivity index (χ4v) is 10.1. The van der Waals surface area contributed by atoms with Crippen molar-refractivity contribution < 1.29 is 0 Å². The smallest absolute Gasteiger partial charge is 0.0533 e. The summed E-state index contributed by atoms with van der Waals surface area (Å²) in [7, 11) is 0. The third-order valence-corrected chi connectivity index (χ3v) is 15.7. The number of unbranched alkanes of at least 4 members (excludes halogenated alkanes) is 58. The Hall–Kier alpha value is 0. The van der Waals surface area contributed by atoms with E-state index in [1.807, 2.05) is 0 Å². The minimum atomic E-state index is 1.36. The van der Waals surface area contributed by atoms with E-state index < -0.39 is 0 Å². The second-order valence-electron chi connectivity index (χ2n) is 24.4. The molecule has 0 aliphatic heterocycles. The van der Waals surface area contributed by atoms with Crippen LogP contribution in [0, 0.1) is 0 Å². The van der Waals surface area contributed by atoms with E-state index in [2.05, 4.69) is 83.1 Å². The van der Waals surface area contributed by atoms with Gasteiger partial charge in [-0.3, -0.25) is 0 Å². The minimum Gasteiger partial charge on any atom is -0.0654 e. The van der Waals surface area contributed by atoms with Gasteiger partial charge in [-0.1, -0.05) is 494 Å². The van der Waals surface area contributed by atoms with Crippen LogP contribution in [-0.4, -0.2) is 0 Å². The summed E-state index contributed by atoms with van der Waals surface area (Å²) in [5.74, 6) is 0. The van der Waals surface area contributed by atoms with Gasteiger partial charge in [-0.15, -0.1) is 0 Å². The molecule has 0 saturated carbocycles. The van der Waals surface area contributed by atoms with Crippen molar-refractivity contribution in [2.75, 3.05) is 0 Å². The zero-order valence-corrected chi connectivity index (χ0v) is 57.3. The zero-order chi connectivity index (χ0) is 57.3. The monoisotopic (exact) mass is 1080 g/mol. The van der Waals surface area contributed by atoms with Gasteiger partial charge in [0.1, 0.15) is 0 Å². The van der Waals surface area contributed by atoms with Crippen molar-refractivity contribution in [1.82, 2.24) is 0 Å². The molecule has 0 atom stereocenters. The van der Waals surface area contributed by atoms with E-state index in [1.54, 1.807) is 0 Å². The van der Waals surface area contributed by atoms with Crippen LogP contribution in [0.5, 0.6) is 0 Å². The maximum atomic E-state index is 2.29. The van der Waals surface area contributed by atoms with Crippen LogP contribution in [0.4, 0.5) is 0 Å². The van der Waals surface area contributed by atoms with E-state index >= 15 is 0 Å². The first kappa shape index (κ1) is 87.2. The first-order valence-corrected chi connectivity index (χ1v) is 37.5. The second kappa shape index (κ2) is 100. The molecule has 0 spiro atoms. The molecule has 0 heterocycles. The van der Waals surface area contributed by atoms with Gasteiger partial charge >= 0.3 is 0 Å². The molecule has 0 fully saturated rings. The van der Waals surface area contributed by atoms with Gasteiger partial charge in [0.05, 0.1) is 0 Å². The lowest BCUT2D eigenvalue weighted by Gasteiger charge is -2.02. The Morgan fingerprint density at radius 1 is 0.0658 bits per heavy atom. The van der Waals surface area contributed by atoms with Gasteiger partial charge in [0.25, 0.3) is 0 Å². The summed E-state index contributed by atoms with van der Waals surface area (Å²) in [4.78, 5) is 0. The van der Waals surface area contributed by atoms with Gasteiger partial charge in [-0.05, 0) is 0 Å². The molecule has 76 heavy (non-hydrogen) atoms. The number of hydrogen-bond acceptors (Lipinski definition) is 0. The van der Waals surface area contributed by atoms with Gasteiger partial charge in [-0.25, -0.2) is 0 Å². The van der Waals surface area contributed by atoms with E-state index in [4.69, 9.17) is 0 Å². The summed E-state index contributed by atoms with van der Waals surface area (Å²) in [5.41, 5.74) is 0. The quantitative estimate of drug-likeness (QED) is 0.0533. The Balaban J connectivity index is -0.000000196. The third-order valence-electron chi connectivity index (χ3n) is 15.7. The largest absolute Gasteiger partial charge is 0.0654 e. The molecule has 0 aliphatic carbocycles. The molecule has 0 N–H and O–H groups in total. The second-order valence-corrected chi connectivity index (χ2v) is 24.4. The molecule has 0 aliphatic rings. The Kier molecular flexibility index (Phi) is 115. The Morgan fingerprint density at radius 3 is 0.145 bits per heavy atom. The van der Waals surface area contributed by atoms with Crippen LogP contribution in [0.3, 0.4) is 0 Å². The Bertz CT molecular complexity index is 676. The highest BCUT2D eigenvalue weighted by atomic mass is 14.0. The number of hydrogen-bond donors (Lipinski definition) is 0. The molecule has 0 aromatic heterocycles. The molecular formula is C76H164. The molecule has 0 heteroatoms. The van der Waals surface area contributed by atoms with Crippen molar-refractivity contribution in [3.05, 3.63) is 0 Å². The predicted molar refractivity (Wildman–Crippen MR) is 364 cm³/mol. The zero-order valence-electron chi connectivity index (χ0n) is 57.3. The van der Waals surface area contributed by atoms with Crippen LogP contribution < -0.4 is 0 Å². The first-order chi connectivity index (χ1) is 37.5. The normalized spacial score (nSPS) is 10.6. The third kappa shape index (κ3) is 117. The average molecular weight is 1080 g/mol. The first-order valence-electron chi connectivity index (χ1n) is 37.5. The number of rotatable bonds is 58. The van der Waals surface area contributed by atoms with Crippen molar-refractivity contribution in [1.29, 1.82) is 0 Å². The lowest BCUT2D eigenvalue weighted by molar-refractivity contribution is 0.538. The van der Waals surface area contributed by atoms with Gasteiger partial charge in [0.15, 0.2) is 0 Å². The van der Waals surface area contributed by atoms with Gasteiger partial charge < -0.3 is 0 Å². The summed E-state index contributed by atoms with van der Waals surface area (Å²) < 4.78 is 0. The average Bonchev–Trinajstić information content (AvgIpc) is 3.44. The minimum absolute atomic E-state index is 1.36. The van der Waals surface area contributed by atoms with Crippen LogP contribution in [0.25, 0.3) is 0 Å². The molecule has 0 nitrogen and oxygen atoms in total. The van der Waals surface area contributed by atoms with E-state index in [0.717, 1.165) is 0 Å². The van der Waals surface area contributed by atoms with E-state index in [1.165, 1.54) is 411 Å². The van der Waals surface area contributed by atoms with Crippen molar-refractivity contribution in [2.24, 2.45) is 0 Å². The molecule has 0 aromatic carbocycles. The lowest BCUT2D eigenvalue weighted by Crippen LogP contribution is -1.82. The van der Waals surface area contributed by atoms with Crippen LogP contribution in [0.1, 0.15) is 494 Å². The topological polar surface area (TPSA) is 0 Å². The van der Waals surface area contributed by atoms with Crippen molar-refractivity contribution in [2.45, 2.75) is 494 Å². The van der Waals surface area contributed by atoms with E-state index in [0.29, 0.717) is 0 Å². The lowest BCUT2D eigenvalue weighted by atomic mass is 10.0. The van der Waals surface area contributed by atoms with Crippen LogP contribution in [-0.2, 0) is 0 Å². The van der Waals surface area contributed by atoms with Crippen LogP contribution >= 0.6 is 0 Å². The van der Waals surface area contributed by atoms with Crippen molar-refractivity contribution in [3.63, 3.8) is 0 Å². The summed E-state index contributed by atoms with van der Waals surface area (Å²) in [6.07, 6.45) is 92.7. The highest BCUT2D eigenvalue weighted by Crippen LogP contribution is 2.16. The predicted octanol–water partition coefficient (Wildman–Crippen LogP) is 31.1. The SMILES string of the molecule is CCCCCCCC.CCCCCCCCCC.CCCCCCCCCCCC.CCCCCCCCCCCCCC.CCCCCCCCCCCCCCCC.CCCCCCCCCCCCCCCC. The van der Waals surface area contributed by atoms with Gasteiger partial charge in [-0.2, -0.15) is 0 Å². The standard InChI is InChI=1S/2C16H34.C14H30.C12H26.C10H22.C8H18/c2*1-3-5-7-9-11-13-15-16-14-12-10-8-6-4-2;1-3-5-7-9-11-13-14-12-10-8-6-4-2;1-3-5-7-9-11-12-10-8-6-4-2;1-3-5-7-9-10-8-6-4-2;1-3-5-7-8-6-4-2/h2*3-16H2,1-2H3;3-14H2,1-2H3;3-12H2,1-2H3;3-10H2,1-2H3;3-8H2,1-2H3. The highest BCUT2D eigenvalue weighted by molar-refractivity contribution is 4.52. The fraction of sp³-hybridized carbons (Fsp3) is 1.00. The molecule has 0 rings (SSSR count). The maximum absolute atomic E-state index is 2.29. The van der Waals surface area contributed by atoms with Crippen LogP contribution in [0.2, 0.25) is 0 Å².